The average Bonchev–Trinajstić information content (AvgIpc) is 2.89. The molecule has 1 aromatic heterocycles. The van der Waals surface area contributed by atoms with Gasteiger partial charge in [-0.3, -0.25) is 4.79 Å². The number of Topliss-reactive ketones (excluding diaryl/α,β-unsaturated/α-hetero) is 1. The van der Waals surface area contributed by atoms with Crippen molar-refractivity contribution in [3.8, 4) is 11.8 Å². The van der Waals surface area contributed by atoms with Gasteiger partial charge in [-0.1, -0.05) is 30.2 Å². The molecule has 0 aliphatic carbocycles. The van der Waals surface area contributed by atoms with Crippen molar-refractivity contribution >= 4 is 11.8 Å². The number of ether oxygens (including phenoxy) is 1. The summed E-state index contributed by atoms with van der Waals surface area (Å²) >= 11 is 0. The van der Waals surface area contributed by atoms with Crippen LogP contribution in [-0.4, -0.2) is 17.4 Å². The van der Waals surface area contributed by atoms with Crippen molar-refractivity contribution in [2.45, 2.75) is 65.4 Å². The minimum absolute atomic E-state index is 0.107. The van der Waals surface area contributed by atoms with Gasteiger partial charge in [-0.15, -0.1) is 0 Å². The summed E-state index contributed by atoms with van der Waals surface area (Å²) in [4.78, 5) is 25.3. The Bertz CT molecular complexity index is 836. The van der Waals surface area contributed by atoms with Crippen LogP contribution in [0, 0.1) is 17.8 Å². The first-order valence-electron chi connectivity index (χ1n) is 9.19. The zero-order valence-electron chi connectivity index (χ0n) is 16.9. The molecule has 1 aliphatic rings. The van der Waals surface area contributed by atoms with E-state index in [1.165, 1.54) is 0 Å². The van der Waals surface area contributed by atoms with Gasteiger partial charge < -0.3 is 9.15 Å². The molecule has 0 saturated heterocycles. The summed E-state index contributed by atoms with van der Waals surface area (Å²) in [6, 6.07) is 1.61. The molecule has 27 heavy (non-hydrogen) atoms. The molecule has 2 atom stereocenters. The normalized spacial score (nSPS) is 20.1. The Morgan fingerprint density at radius 3 is 2.48 bits per heavy atom. The average molecular weight is 368 g/mol. The summed E-state index contributed by atoms with van der Waals surface area (Å²) in [6.07, 6.45) is 1.85. The highest BCUT2D eigenvalue weighted by Crippen LogP contribution is 2.33. The van der Waals surface area contributed by atoms with E-state index in [2.05, 4.69) is 25.0 Å². The fourth-order valence-corrected chi connectivity index (χ4v) is 3.06. The van der Waals surface area contributed by atoms with Gasteiger partial charge in [0.05, 0.1) is 0 Å². The number of ketones is 1. The van der Waals surface area contributed by atoms with Crippen molar-refractivity contribution in [2.75, 3.05) is 0 Å². The monoisotopic (exact) mass is 368 g/mol. The Kier molecular flexibility index (Phi) is 6.15. The third-order valence-electron chi connectivity index (χ3n) is 4.44. The van der Waals surface area contributed by atoms with Crippen LogP contribution in [0.2, 0.25) is 0 Å². The first-order valence-corrected chi connectivity index (χ1v) is 9.19. The van der Waals surface area contributed by atoms with E-state index in [1.54, 1.807) is 13.0 Å². The van der Waals surface area contributed by atoms with Crippen LogP contribution in [-0.2, 0) is 16.0 Å². The number of carbonyl (C=O) groups excluding carboxylic acids is 2. The van der Waals surface area contributed by atoms with Crippen LogP contribution in [0.1, 0.15) is 75.3 Å². The minimum atomic E-state index is -0.686. The smallest absolute Gasteiger partial charge is 0.342 e. The maximum atomic E-state index is 12.7. The number of furan rings is 1. The second-order valence-electron chi connectivity index (χ2n) is 8.22. The zero-order chi connectivity index (χ0) is 20.4. The summed E-state index contributed by atoms with van der Waals surface area (Å²) < 4.78 is 11.6. The zero-order valence-corrected chi connectivity index (χ0v) is 16.9. The first-order chi connectivity index (χ1) is 12.5. The number of allylic oxidation sites excluding steroid dienone is 2. The van der Waals surface area contributed by atoms with Crippen LogP contribution < -0.4 is 0 Å². The number of fused-ring (bicyclic) bond motifs is 2. The van der Waals surface area contributed by atoms with Gasteiger partial charge in [0.1, 0.15) is 28.6 Å². The van der Waals surface area contributed by atoms with Gasteiger partial charge in [-0.25, -0.2) is 4.79 Å². The molecule has 0 saturated carbocycles. The standard InChI is InChI=1S/C23H28O4/c1-14(2)16-10-8-9-11-18(24)21(15(3)4)20-13-17(19(12-16)26-20)22(25)27-23(5,6)7/h13,16,21H,1,3,8,10,12H2,2,4-7H3/t16-,21-/m1/s1. The Morgan fingerprint density at radius 1 is 1.26 bits per heavy atom. The summed E-state index contributed by atoms with van der Waals surface area (Å²) in [7, 11) is 0. The van der Waals surface area contributed by atoms with Gasteiger partial charge >= 0.3 is 5.97 Å². The second kappa shape index (κ2) is 8.00. The summed E-state index contributed by atoms with van der Waals surface area (Å²) in [5.41, 5.74) is 1.35. The highest BCUT2D eigenvalue weighted by molar-refractivity contribution is 6.02. The predicted octanol–water partition coefficient (Wildman–Crippen LogP) is 5.00. The van der Waals surface area contributed by atoms with Gasteiger partial charge in [-0.05, 0) is 58.9 Å². The summed E-state index contributed by atoms with van der Waals surface area (Å²) in [5.74, 6) is 5.26. The topological polar surface area (TPSA) is 56.5 Å². The highest BCUT2D eigenvalue weighted by atomic mass is 16.6. The molecule has 2 rings (SSSR count). The SMILES string of the molecule is C=C(C)[C@@H]1CCC#CC(=O)[C@@H](C(=C)C)c2cc(C(=O)OC(C)(C)C)c(o2)C1. The lowest BCUT2D eigenvalue weighted by Gasteiger charge is -2.20. The molecule has 4 nitrogen and oxygen atoms in total. The van der Waals surface area contributed by atoms with E-state index >= 15 is 0 Å². The van der Waals surface area contributed by atoms with E-state index in [0.717, 1.165) is 12.0 Å². The van der Waals surface area contributed by atoms with Gasteiger partial charge in [0, 0.05) is 12.8 Å². The predicted molar refractivity (Wildman–Crippen MR) is 105 cm³/mol. The van der Waals surface area contributed by atoms with E-state index in [1.807, 2.05) is 27.7 Å². The van der Waals surface area contributed by atoms with Crippen molar-refractivity contribution in [1.82, 2.24) is 0 Å². The van der Waals surface area contributed by atoms with Crippen LogP contribution in [0.15, 0.2) is 34.8 Å². The van der Waals surface area contributed by atoms with Crippen molar-refractivity contribution in [2.24, 2.45) is 5.92 Å². The molecule has 0 N–H and O–H groups in total. The fraction of sp³-hybridized carbons (Fsp3) is 0.478. The lowest BCUT2D eigenvalue weighted by atomic mass is 9.90. The quantitative estimate of drug-likeness (QED) is 0.326. The molecule has 0 unspecified atom stereocenters. The molecule has 1 aliphatic heterocycles. The largest absolute Gasteiger partial charge is 0.464 e. The van der Waals surface area contributed by atoms with Crippen molar-refractivity contribution < 1.29 is 18.7 Å². The van der Waals surface area contributed by atoms with E-state index in [4.69, 9.17) is 9.15 Å². The Morgan fingerprint density at radius 2 is 1.93 bits per heavy atom. The second-order valence-corrected chi connectivity index (χ2v) is 8.22. The molecule has 0 radical (unpaired) electrons. The Balaban J connectivity index is 2.58. The fourth-order valence-electron chi connectivity index (χ4n) is 3.06. The number of carbonyl (C=O) groups is 2. The lowest BCUT2D eigenvalue weighted by Crippen LogP contribution is -2.24. The van der Waals surface area contributed by atoms with Crippen LogP contribution in [0.5, 0.6) is 0 Å². The molecule has 0 spiro atoms. The minimum Gasteiger partial charge on any atom is -0.464 e. The van der Waals surface area contributed by atoms with E-state index < -0.39 is 17.5 Å². The number of esters is 1. The van der Waals surface area contributed by atoms with Gasteiger partial charge in [0.15, 0.2) is 0 Å². The van der Waals surface area contributed by atoms with E-state index in [9.17, 15) is 9.59 Å². The molecular weight excluding hydrogens is 340 g/mol. The maximum Gasteiger partial charge on any atom is 0.342 e. The molecule has 1 aromatic rings. The highest BCUT2D eigenvalue weighted by Gasteiger charge is 2.31. The molecule has 144 valence electrons. The first kappa shape index (κ1) is 20.8. The van der Waals surface area contributed by atoms with Crippen LogP contribution in [0.25, 0.3) is 0 Å². The Labute approximate surface area is 161 Å². The van der Waals surface area contributed by atoms with Crippen LogP contribution in [0.3, 0.4) is 0 Å². The van der Waals surface area contributed by atoms with Gasteiger partial charge in [0.25, 0.3) is 0 Å². The summed E-state index contributed by atoms with van der Waals surface area (Å²) in [5, 5.41) is 0. The van der Waals surface area contributed by atoms with Crippen molar-refractivity contribution in [3.05, 3.63) is 47.5 Å². The van der Waals surface area contributed by atoms with Gasteiger partial charge in [0.2, 0.25) is 5.78 Å². The van der Waals surface area contributed by atoms with E-state index in [-0.39, 0.29) is 11.7 Å². The third kappa shape index (κ3) is 5.23. The molecule has 4 heteroatoms. The molecular formula is C23H28O4. The molecule has 0 fully saturated rings. The molecule has 0 aromatic carbocycles. The number of hydrogen-bond donors (Lipinski definition) is 0. The van der Waals surface area contributed by atoms with Crippen molar-refractivity contribution in [1.29, 1.82) is 0 Å². The van der Waals surface area contributed by atoms with Crippen molar-refractivity contribution in [3.63, 3.8) is 0 Å². The third-order valence-corrected chi connectivity index (χ3v) is 4.44. The molecule has 2 bridgehead atoms. The van der Waals surface area contributed by atoms with Crippen LogP contribution in [0.4, 0.5) is 0 Å². The van der Waals surface area contributed by atoms with E-state index in [0.29, 0.717) is 35.5 Å². The Hall–Kier alpha value is -2.54. The molecule has 0 amide bonds. The number of rotatable bonds is 3. The summed E-state index contributed by atoms with van der Waals surface area (Å²) in [6.45, 7) is 17.1. The van der Waals surface area contributed by atoms with Crippen LogP contribution >= 0.6 is 0 Å². The number of hydrogen-bond acceptors (Lipinski definition) is 4. The van der Waals surface area contributed by atoms with Gasteiger partial charge in [-0.2, -0.15) is 0 Å². The molecule has 2 heterocycles. The lowest BCUT2D eigenvalue weighted by molar-refractivity contribution is -0.114. The maximum absolute atomic E-state index is 12.7.